The zero-order chi connectivity index (χ0) is 13.2. The summed E-state index contributed by atoms with van der Waals surface area (Å²) in [4.78, 5) is 0. The second-order valence-electron chi connectivity index (χ2n) is 5.08. The topological polar surface area (TPSA) is 29.5 Å². The Bertz CT molecular complexity index is 401. The van der Waals surface area contributed by atoms with E-state index in [2.05, 4.69) is 13.8 Å². The second-order valence-corrected chi connectivity index (χ2v) is 5.08. The molecule has 1 aliphatic carbocycles. The molecular formula is C15H21FO2. The molecule has 2 unspecified atom stereocenters. The van der Waals surface area contributed by atoms with E-state index in [0.717, 1.165) is 12.8 Å². The molecule has 0 aliphatic heterocycles. The van der Waals surface area contributed by atoms with Crippen LogP contribution in [0.2, 0.25) is 0 Å². The zero-order valence-electron chi connectivity index (χ0n) is 11.0. The van der Waals surface area contributed by atoms with E-state index in [4.69, 9.17) is 4.74 Å². The van der Waals surface area contributed by atoms with Crippen molar-refractivity contribution in [3.8, 4) is 0 Å². The Labute approximate surface area is 108 Å². The third-order valence-corrected chi connectivity index (χ3v) is 4.46. The normalized spacial score (nSPS) is 25.8. The van der Waals surface area contributed by atoms with Crippen molar-refractivity contribution in [1.82, 2.24) is 0 Å². The van der Waals surface area contributed by atoms with E-state index in [1.165, 1.54) is 6.07 Å². The van der Waals surface area contributed by atoms with Gasteiger partial charge in [-0.1, -0.05) is 32.0 Å². The summed E-state index contributed by atoms with van der Waals surface area (Å²) in [5.41, 5.74) is 0.450. The van der Waals surface area contributed by atoms with Gasteiger partial charge in [-0.3, -0.25) is 0 Å². The molecule has 18 heavy (non-hydrogen) atoms. The van der Waals surface area contributed by atoms with E-state index in [9.17, 15) is 9.50 Å². The molecule has 0 heterocycles. The average Bonchev–Trinajstić information content (AvgIpc) is 2.37. The number of aliphatic hydroxyl groups is 1. The maximum Gasteiger partial charge on any atom is 0.128 e. The molecule has 0 saturated heterocycles. The summed E-state index contributed by atoms with van der Waals surface area (Å²) in [6.07, 6.45) is 2.22. The van der Waals surface area contributed by atoms with E-state index in [1.54, 1.807) is 12.1 Å². The molecule has 3 heteroatoms. The maximum absolute atomic E-state index is 13.5. The molecule has 0 bridgehead atoms. The number of hydrogen-bond donors (Lipinski definition) is 1. The van der Waals surface area contributed by atoms with Crippen LogP contribution in [0.3, 0.4) is 0 Å². The third kappa shape index (κ3) is 2.17. The van der Waals surface area contributed by atoms with Crippen LogP contribution in [0.15, 0.2) is 24.3 Å². The van der Waals surface area contributed by atoms with Crippen molar-refractivity contribution in [3.63, 3.8) is 0 Å². The molecule has 1 aliphatic rings. The lowest BCUT2D eigenvalue weighted by Crippen LogP contribution is -2.57. The SMILES string of the molecule is CCC1(CC)C(O)CC1OCc1ccccc1F. The van der Waals surface area contributed by atoms with Gasteiger partial charge in [-0.15, -0.1) is 0 Å². The van der Waals surface area contributed by atoms with E-state index in [-0.39, 0.29) is 30.0 Å². The molecule has 0 spiro atoms. The van der Waals surface area contributed by atoms with Crippen molar-refractivity contribution < 1.29 is 14.2 Å². The summed E-state index contributed by atoms with van der Waals surface area (Å²) in [6.45, 7) is 4.43. The van der Waals surface area contributed by atoms with Crippen LogP contribution in [-0.2, 0) is 11.3 Å². The van der Waals surface area contributed by atoms with Crippen LogP contribution in [0.4, 0.5) is 4.39 Å². The first-order valence-corrected chi connectivity index (χ1v) is 6.67. The van der Waals surface area contributed by atoms with Crippen molar-refractivity contribution in [2.75, 3.05) is 0 Å². The summed E-state index contributed by atoms with van der Waals surface area (Å²) >= 11 is 0. The molecule has 1 aromatic rings. The first kappa shape index (κ1) is 13.5. The molecule has 0 amide bonds. The molecule has 100 valence electrons. The molecule has 0 aromatic heterocycles. The van der Waals surface area contributed by atoms with Crippen molar-refractivity contribution in [2.24, 2.45) is 5.41 Å². The van der Waals surface area contributed by atoms with E-state index in [0.29, 0.717) is 12.0 Å². The number of benzene rings is 1. The van der Waals surface area contributed by atoms with Gasteiger partial charge in [-0.2, -0.15) is 0 Å². The summed E-state index contributed by atoms with van der Waals surface area (Å²) in [5.74, 6) is -0.226. The summed E-state index contributed by atoms with van der Waals surface area (Å²) in [7, 11) is 0. The van der Waals surface area contributed by atoms with Gasteiger partial charge in [0, 0.05) is 17.4 Å². The molecule has 2 rings (SSSR count). The van der Waals surface area contributed by atoms with E-state index >= 15 is 0 Å². The van der Waals surface area contributed by atoms with Gasteiger partial charge in [-0.25, -0.2) is 4.39 Å². The van der Waals surface area contributed by atoms with Gasteiger partial charge in [0.15, 0.2) is 0 Å². The van der Waals surface area contributed by atoms with Gasteiger partial charge in [0.25, 0.3) is 0 Å². The first-order valence-electron chi connectivity index (χ1n) is 6.67. The van der Waals surface area contributed by atoms with E-state index in [1.807, 2.05) is 6.07 Å². The highest BCUT2D eigenvalue weighted by molar-refractivity contribution is 5.16. The Hall–Kier alpha value is -0.930. The Kier molecular flexibility index (Phi) is 4.03. The van der Waals surface area contributed by atoms with Gasteiger partial charge in [0.05, 0.1) is 18.8 Å². The Morgan fingerprint density at radius 3 is 2.56 bits per heavy atom. The van der Waals surface area contributed by atoms with Crippen molar-refractivity contribution in [2.45, 2.75) is 51.9 Å². The zero-order valence-corrected chi connectivity index (χ0v) is 11.0. The van der Waals surface area contributed by atoms with Crippen LogP contribution >= 0.6 is 0 Å². The number of hydrogen-bond acceptors (Lipinski definition) is 2. The molecule has 1 saturated carbocycles. The highest BCUT2D eigenvalue weighted by Crippen LogP contribution is 2.49. The summed E-state index contributed by atoms with van der Waals surface area (Å²) in [6, 6.07) is 6.67. The van der Waals surface area contributed by atoms with Crippen LogP contribution in [0.5, 0.6) is 0 Å². The number of halogens is 1. The van der Waals surface area contributed by atoms with Crippen LogP contribution in [0.1, 0.15) is 38.7 Å². The molecule has 1 N–H and O–H groups in total. The van der Waals surface area contributed by atoms with Crippen molar-refractivity contribution >= 4 is 0 Å². The number of ether oxygens (including phenoxy) is 1. The maximum atomic E-state index is 13.5. The average molecular weight is 252 g/mol. The molecule has 2 nitrogen and oxygen atoms in total. The smallest absolute Gasteiger partial charge is 0.128 e. The van der Waals surface area contributed by atoms with Crippen LogP contribution in [-0.4, -0.2) is 17.3 Å². The molecule has 1 fully saturated rings. The van der Waals surface area contributed by atoms with Crippen molar-refractivity contribution in [1.29, 1.82) is 0 Å². The standard InChI is InChI=1S/C15H21FO2/c1-3-15(4-2)13(17)9-14(15)18-10-11-7-5-6-8-12(11)16/h5-8,13-14,17H,3-4,9-10H2,1-2H3. The second kappa shape index (κ2) is 5.37. The molecule has 0 radical (unpaired) electrons. The minimum atomic E-state index is -0.280. The molecule has 1 aromatic carbocycles. The summed E-state index contributed by atoms with van der Waals surface area (Å²) in [5, 5.41) is 9.93. The minimum absolute atomic E-state index is 0.0436. The van der Waals surface area contributed by atoms with Gasteiger partial charge >= 0.3 is 0 Å². The van der Waals surface area contributed by atoms with Crippen LogP contribution in [0.25, 0.3) is 0 Å². The monoisotopic (exact) mass is 252 g/mol. The van der Waals surface area contributed by atoms with Gasteiger partial charge < -0.3 is 9.84 Å². The molecular weight excluding hydrogens is 231 g/mol. The quantitative estimate of drug-likeness (QED) is 0.871. The Balaban J connectivity index is 1.98. The largest absolute Gasteiger partial charge is 0.392 e. The first-order chi connectivity index (χ1) is 8.64. The number of rotatable bonds is 5. The fourth-order valence-electron chi connectivity index (χ4n) is 2.94. The van der Waals surface area contributed by atoms with Gasteiger partial charge in [0.1, 0.15) is 5.82 Å². The Morgan fingerprint density at radius 2 is 2.00 bits per heavy atom. The van der Waals surface area contributed by atoms with E-state index < -0.39 is 0 Å². The number of aliphatic hydroxyl groups excluding tert-OH is 1. The van der Waals surface area contributed by atoms with Gasteiger partial charge in [-0.05, 0) is 18.9 Å². The minimum Gasteiger partial charge on any atom is -0.392 e. The Morgan fingerprint density at radius 1 is 1.33 bits per heavy atom. The van der Waals surface area contributed by atoms with Gasteiger partial charge in [0.2, 0.25) is 0 Å². The van der Waals surface area contributed by atoms with Crippen molar-refractivity contribution in [3.05, 3.63) is 35.6 Å². The third-order valence-electron chi connectivity index (χ3n) is 4.46. The lowest BCUT2D eigenvalue weighted by atomic mass is 9.60. The lowest BCUT2D eigenvalue weighted by Gasteiger charge is -2.52. The highest BCUT2D eigenvalue weighted by atomic mass is 19.1. The predicted octanol–water partition coefficient (Wildman–Crippen LogP) is 3.28. The summed E-state index contributed by atoms with van der Waals surface area (Å²) < 4.78 is 19.3. The molecule has 2 atom stereocenters. The highest BCUT2D eigenvalue weighted by Gasteiger charge is 2.52. The predicted molar refractivity (Wildman–Crippen MR) is 68.6 cm³/mol. The van der Waals surface area contributed by atoms with Crippen LogP contribution in [0, 0.1) is 11.2 Å². The fraction of sp³-hybridized carbons (Fsp3) is 0.600. The van der Waals surface area contributed by atoms with Crippen LogP contribution < -0.4 is 0 Å². The lowest BCUT2D eigenvalue weighted by molar-refractivity contribution is -0.200. The fourth-order valence-corrected chi connectivity index (χ4v) is 2.94.